The summed E-state index contributed by atoms with van der Waals surface area (Å²) >= 11 is 3.40. The number of piperazine rings is 1. The number of carbonyl (C=O) groups is 2. The fourth-order valence-electron chi connectivity index (χ4n) is 3.19. The van der Waals surface area contributed by atoms with E-state index in [4.69, 9.17) is 9.47 Å². The van der Waals surface area contributed by atoms with E-state index in [9.17, 15) is 9.59 Å². The van der Waals surface area contributed by atoms with Gasteiger partial charge >= 0.3 is 0 Å². The van der Waals surface area contributed by atoms with Crippen LogP contribution in [0.3, 0.4) is 0 Å². The van der Waals surface area contributed by atoms with Gasteiger partial charge in [-0.15, -0.1) is 0 Å². The molecule has 2 aromatic carbocycles. The first-order valence-corrected chi connectivity index (χ1v) is 10.6. The number of methoxy groups -OCH3 is 1. The Labute approximate surface area is 185 Å². The van der Waals surface area contributed by atoms with Crippen LogP contribution in [-0.2, 0) is 4.74 Å². The van der Waals surface area contributed by atoms with Crippen LogP contribution in [0.2, 0.25) is 0 Å². The largest absolute Gasteiger partial charge is 0.490 e. The van der Waals surface area contributed by atoms with Gasteiger partial charge in [0.2, 0.25) is 0 Å². The van der Waals surface area contributed by atoms with E-state index in [1.165, 1.54) is 0 Å². The van der Waals surface area contributed by atoms with Gasteiger partial charge in [0.1, 0.15) is 12.4 Å². The molecule has 0 unspecified atom stereocenters. The lowest BCUT2D eigenvalue weighted by molar-refractivity contribution is 0.0665. The molecule has 30 heavy (non-hydrogen) atoms. The van der Waals surface area contributed by atoms with Crippen LogP contribution in [0.15, 0.2) is 46.9 Å². The molecule has 1 fully saturated rings. The van der Waals surface area contributed by atoms with Gasteiger partial charge in [0.15, 0.2) is 0 Å². The van der Waals surface area contributed by atoms with Crippen LogP contribution >= 0.6 is 15.9 Å². The minimum atomic E-state index is -0.345. The van der Waals surface area contributed by atoms with Crippen LogP contribution in [0.4, 0.5) is 5.69 Å². The fraction of sp³-hybridized carbons (Fsp3) is 0.364. The van der Waals surface area contributed by atoms with Gasteiger partial charge in [-0.1, -0.05) is 28.1 Å². The zero-order chi connectivity index (χ0) is 21.5. The minimum absolute atomic E-state index is 0.0789. The Balaban J connectivity index is 1.79. The zero-order valence-electron chi connectivity index (χ0n) is 17.2. The van der Waals surface area contributed by atoms with Crippen molar-refractivity contribution in [1.29, 1.82) is 0 Å². The van der Waals surface area contributed by atoms with Crippen LogP contribution in [0.5, 0.6) is 5.75 Å². The third kappa shape index (κ3) is 5.59. The van der Waals surface area contributed by atoms with Crippen LogP contribution < -0.4 is 10.1 Å². The lowest BCUT2D eigenvalue weighted by atomic mass is 10.1. The number of ether oxygens (including phenoxy) is 2. The second-order valence-corrected chi connectivity index (χ2v) is 7.99. The molecule has 0 saturated carbocycles. The van der Waals surface area contributed by atoms with E-state index in [1.807, 2.05) is 18.0 Å². The highest BCUT2D eigenvalue weighted by molar-refractivity contribution is 9.10. The number of rotatable bonds is 7. The van der Waals surface area contributed by atoms with Crippen molar-refractivity contribution in [3.63, 3.8) is 0 Å². The van der Waals surface area contributed by atoms with E-state index in [2.05, 4.69) is 26.1 Å². The highest BCUT2D eigenvalue weighted by Crippen LogP contribution is 2.26. The molecular weight excluding hydrogens is 450 g/mol. The number of likely N-dealkylation sites (N-methyl/N-ethyl adjacent to an activating group) is 1. The number of para-hydroxylation sites is 1. The van der Waals surface area contributed by atoms with Gasteiger partial charge in [0.25, 0.3) is 11.8 Å². The second-order valence-electron chi connectivity index (χ2n) is 7.08. The highest BCUT2D eigenvalue weighted by Gasteiger charge is 2.23. The number of nitrogens with one attached hydrogen (secondary N) is 1. The summed E-state index contributed by atoms with van der Waals surface area (Å²) in [4.78, 5) is 30.1. The van der Waals surface area contributed by atoms with E-state index in [0.717, 1.165) is 17.6 Å². The first-order chi connectivity index (χ1) is 14.5. The molecule has 1 N–H and O–H groups in total. The van der Waals surface area contributed by atoms with Crippen molar-refractivity contribution in [3.05, 3.63) is 58.1 Å². The normalized spacial score (nSPS) is 14.4. The van der Waals surface area contributed by atoms with Gasteiger partial charge < -0.3 is 24.6 Å². The number of halogens is 1. The number of nitrogens with zero attached hydrogens (tertiary/aromatic N) is 2. The van der Waals surface area contributed by atoms with Gasteiger partial charge in [-0.05, 0) is 37.4 Å². The molecule has 1 heterocycles. The lowest BCUT2D eigenvalue weighted by Crippen LogP contribution is -2.47. The minimum Gasteiger partial charge on any atom is -0.490 e. The summed E-state index contributed by atoms with van der Waals surface area (Å²) < 4.78 is 11.5. The third-order valence-electron chi connectivity index (χ3n) is 4.93. The predicted molar refractivity (Wildman–Crippen MR) is 119 cm³/mol. The monoisotopic (exact) mass is 475 g/mol. The number of anilines is 1. The van der Waals surface area contributed by atoms with Crippen molar-refractivity contribution in [2.75, 3.05) is 58.9 Å². The van der Waals surface area contributed by atoms with Gasteiger partial charge in [-0.3, -0.25) is 9.59 Å². The summed E-state index contributed by atoms with van der Waals surface area (Å²) in [5.74, 6) is 0.0304. The van der Waals surface area contributed by atoms with Crippen molar-refractivity contribution in [2.24, 2.45) is 0 Å². The molecule has 0 radical (unpaired) electrons. The first kappa shape index (κ1) is 22.3. The SMILES string of the molecule is COCCOc1ccc(Br)cc1C(=O)Nc1ccccc1C(=O)N1CCN(C)CC1. The van der Waals surface area contributed by atoms with Crippen molar-refractivity contribution in [3.8, 4) is 5.75 Å². The van der Waals surface area contributed by atoms with Gasteiger partial charge in [0.05, 0.1) is 23.4 Å². The van der Waals surface area contributed by atoms with E-state index in [0.29, 0.717) is 48.9 Å². The predicted octanol–water partition coefficient (Wildman–Crippen LogP) is 3.11. The summed E-state index contributed by atoms with van der Waals surface area (Å²) in [7, 11) is 3.63. The number of amides is 2. The maximum absolute atomic E-state index is 13.1. The molecule has 2 aromatic rings. The average Bonchev–Trinajstić information content (AvgIpc) is 2.75. The third-order valence-corrected chi connectivity index (χ3v) is 5.42. The van der Waals surface area contributed by atoms with Crippen molar-refractivity contribution >= 4 is 33.4 Å². The molecule has 8 heteroatoms. The summed E-state index contributed by atoms with van der Waals surface area (Å²) in [5, 5.41) is 2.88. The van der Waals surface area contributed by atoms with Crippen molar-refractivity contribution in [1.82, 2.24) is 9.80 Å². The fourth-order valence-corrected chi connectivity index (χ4v) is 3.55. The average molecular weight is 476 g/mol. The maximum atomic E-state index is 13.1. The molecular formula is C22H26BrN3O4. The molecule has 1 aliphatic heterocycles. The quantitative estimate of drug-likeness (QED) is 0.622. The number of benzene rings is 2. The number of carbonyl (C=O) groups excluding carboxylic acids is 2. The molecule has 1 saturated heterocycles. The zero-order valence-corrected chi connectivity index (χ0v) is 18.8. The Morgan fingerprint density at radius 3 is 2.50 bits per heavy atom. The molecule has 7 nitrogen and oxygen atoms in total. The summed E-state index contributed by atoms with van der Waals surface area (Å²) in [6, 6.07) is 12.3. The Hall–Kier alpha value is -2.42. The molecule has 0 bridgehead atoms. The molecule has 1 aliphatic rings. The summed E-state index contributed by atoms with van der Waals surface area (Å²) in [6.07, 6.45) is 0. The van der Waals surface area contributed by atoms with Crippen LogP contribution in [0.1, 0.15) is 20.7 Å². The smallest absolute Gasteiger partial charge is 0.259 e. The van der Waals surface area contributed by atoms with Gasteiger partial charge in [0, 0.05) is 37.8 Å². The number of hydrogen-bond acceptors (Lipinski definition) is 5. The topological polar surface area (TPSA) is 71.1 Å². The van der Waals surface area contributed by atoms with Crippen molar-refractivity contribution in [2.45, 2.75) is 0 Å². The van der Waals surface area contributed by atoms with E-state index < -0.39 is 0 Å². The van der Waals surface area contributed by atoms with Crippen LogP contribution in [0, 0.1) is 0 Å². The van der Waals surface area contributed by atoms with E-state index >= 15 is 0 Å². The summed E-state index contributed by atoms with van der Waals surface area (Å²) in [6.45, 7) is 3.75. The highest BCUT2D eigenvalue weighted by atomic mass is 79.9. The Kier molecular flexibility index (Phi) is 7.84. The molecule has 0 spiro atoms. The van der Waals surface area contributed by atoms with Crippen LogP contribution in [-0.4, -0.2) is 75.2 Å². The lowest BCUT2D eigenvalue weighted by Gasteiger charge is -2.32. The Morgan fingerprint density at radius 1 is 1.03 bits per heavy atom. The van der Waals surface area contributed by atoms with E-state index in [1.54, 1.807) is 43.5 Å². The second kappa shape index (κ2) is 10.6. The van der Waals surface area contributed by atoms with E-state index in [-0.39, 0.29) is 11.8 Å². The molecule has 0 aliphatic carbocycles. The Morgan fingerprint density at radius 2 is 1.77 bits per heavy atom. The standard InChI is InChI=1S/C22H26BrN3O4/c1-25-9-11-26(12-10-25)22(28)17-5-3-4-6-19(17)24-21(27)18-15-16(23)7-8-20(18)30-14-13-29-2/h3-8,15H,9-14H2,1-2H3,(H,24,27). The summed E-state index contributed by atoms with van der Waals surface area (Å²) in [5.41, 5.74) is 1.34. The molecule has 160 valence electrons. The number of hydrogen-bond donors (Lipinski definition) is 1. The first-order valence-electron chi connectivity index (χ1n) is 9.79. The van der Waals surface area contributed by atoms with Gasteiger partial charge in [-0.25, -0.2) is 0 Å². The van der Waals surface area contributed by atoms with Crippen LogP contribution in [0.25, 0.3) is 0 Å². The maximum Gasteiger partial charge on any atom is 0.259 e. The van der Waals surface area contributed by atoms with Gasteiger partial charge in [-0.2, -0.15) is 0 Å². The molecule has 0 aromatic heterocycles. The molecule has 2 amide bonds. The molecule has 3 rings (SSSR count). The van der Waals surface area contributed by atoms with Crippen molar-refractivity contribution < 1.29 is 19.1 Å². The molecule has 0 atom stereocenters. The Bertz CT molecular complexity index is 898.